The summed E-state index contributed by atoms with van der Waals surface area (Å²) in [5.74, 6) is -2.53. The zero-order chi connectivity index (χ0) is 27.5. The molecule has 8 N–H and O–H groups in total. The first-order chi connectivity index (χ1) is 17.6. The number of carboxylic acids is 1. The van der Waals surface area contributed by atoms with Crippen molar-refractivity contribution in [1.29, 1.82) is 0 Å². The molecule has 1 heterocycles. The fraction of sp³-hybridized carbons (Fsp3) is 0.520. The molecule has 0 aliphatic carbocycles. The Kier molecular flexibility index (Phi) is 11.9. The van der Waals surface area contributed by atoms with Gasteiger partial charge in [-0.2, -0.15) is 11.8 Å². The Morgan fingerprint density at radius 1 is 1.00 bits per heavy atom. The molecular formula is C25H37N5O6S. The molecule has 1 aromatic heterocycles. The molecule has 2 aromatic rings. The number of aliphatic hydroxyl groups excluding tert-OH is 1. The number of thioether (sulfide) groups is 1. The Hall–Kier alpha value is -3.09. The van der Waals surface area contributed by atoms with Gasteiger partial charge in [0.15, 0.2) is 0 Å². The van der Waals surface area contributed by atoms with Crippen molar-refractivity contribution < 1.29 is 29.4 Å². The van der Waals surface area contributed by atoms with Crippen LogP contribution < -0.4 is 21.7 Å². The van der Waals surface area contributed by atoms with E-state index in [0.717, 1.165) is 16.5 Å². The number of nitrogens with one attached hydrogen (secondary N) is 4. The SMILES string of the molecule is CSCCC(NC(=O)C(Cc1c[nH]c2ccccc12)NC(=O)C(N)CC(C)C)C(=O)NC(CO)C(=O)O. The van der Waals surface area contributed by atoms with Crippen LogP contribution in [0.4, 0.5) is 0 Å². The number of rotatable bonds is 15. The minimum Gasteiger partial charge on any atom is -0.480 e. The lowest BCUT2D eigenvalue weighted by Crippen LogP contribution is -2.58. The summed E-state index contributed by atoms with van der Waals surface area (Å²) >= 11 is 1.45. The fourth-order valence-corrected chi connectivity index (χ4v) is 4.33. The molecule has 2 rings (SSSR count). The van der Waals surface area contributed by atoms with Crippen molar-refractivity contribution in [1.82, 2.24) is 20.9 Å². The normalized spacial score (nSPS) is 14.5. The van der Waals surface area contributed by atoms with Gasteiger partial charge in [0, 0.05) is 23.5 Å². The third-order valence-electron chi connectivity index (χ3n) is 5.83. The topological polar surface area (TPSA) is 187 Å². The van der Waals surface area contributed by atoms with Crippen LogP contribution in [0.2, 0.25) is 0 Å². The van der Waals surface area contributed by atoms with Gasteiger partial charge in [-0.25, -0.2) is 4.79 Å². The van der Waals surface area contributed by atoms with E-state index in [2.05, 4.69) is 20.9 Å². The fourth-order valence-electron chi connectivity index (χ4n) is 3.86. The molecule has 4 unspecified atom stereocenters. The number of aromatic nitrogens is 1. The number of aromatic amines is 1. The lowest BCUT2D eigenvalue weighted by atomic mass is 10.0. The van der Waals surface area contributed by atoms with Gasteiger partial charge >= 0.3 is 5.97 Å². The summed E-state index contributed by atoms with van der Waals surface area (Å²) in [7, 11) is 0. The van der Waals surface area contributed by atoms with Crippen LogP contribution in [0.15, 0.2) is 30.5 Å². The van der Waals surface area contributed by atoms with Gasteiger partial charge in [-0.3, -0.25) is 14.4 Å². The highest BCUT2D eigenvalue weighted by Crippen LogP contribution is 2.19. The van der Waals surface area contributed by atoms with Gasteiger partial charge in [-0.1, -0.05) is 32.0 Å². The Morgan fingerprint density at radius 3 is 2.24 bits per heavy atom. The predicted molar refractivity (Wildman–Crippen MR) is 143 cm³/mol. The molecule has 4 atom stereocenters. The van der Waals surface area contributed by atoms with E-state index < -0.39 is 54.5 Å². The minimum atomic E-state index is -1.50. The maximum atomic E-state index is 13.4. The number of fused-ring (bicyclic) bond motifs is 1. The number of carbonyl (C=O) groups excluding carboxylic acids is 3. The molecule has 0 fully saturated rings. The number of hydrogen-bond donors (Lipinski definition) is 7. The van der Waals surface area contributed by atoms with Crippen molar-refractivity contribution in [3.8, 4) is 0 Å². The standard InChI is InChI=1S/C25H37N5O6S/c1-14(2)10-17(26)22(32)29-20(11-15-12-27-18-7-5-4-6-16(15)18)24(34)28-19(8-9-37-3)23(33)30-21(13-31)25(35)36/h4-7,12,14,17,19-21,27,31H,8-11,13,26H2,1-3H3,(H,28,34)(H,29,32)(H,30,33)(H,35,36). The molecule has 0 aliphatic heterocycles. The van der Waals surface area contributed by atoms with Crippen LogP contribution in [0.5, 0.6) is 0 Å². The van der Waals surface area contributed by atoms with Crippen molar-refractivity contribution >= 4 is 46.4 Å². The van der Waals surface area contributed by atoms with Crippen LogP contribution in [0.3, 0.4) is 0 Å². The van der Waals surface area contributed by atoms with E-state index >= 15 is 0 Å². The van der Waals surface area contributed by atoms with Crippen LogP contribution in [0, 0.1) is 5.92 Å². The van der Waals surface area contributed by atoms with Crippen LogP contribution in [0.1, 0.15) is 32.3 Å². The number of aliphatic hydroxyl groups is 1. The first-order valence-electron chi connectivity index (χ1n) is 12.1. The lowest BCUT2D eigenvalue weighted by molar-refractivity contribution is -0.143. The van der Waals surface area contributed by atoms with E-state index in [0.29, 0.717) is 12.2 Å². The summed E-state index contributed by atoms with van der Waals surface area (Å²) in [5, 5.41) is 27.0. The average Bonchev–Trinajstić information content (AvgIpc) is 3.26. The Bertz CT molecular complexity index is 1070. The molecule has 0 aliphatic rings. The lowest BCUT2D eigenvalue weighted by Gasteiger charge is -2.25. The number of nitrogens with two attached hydrogens (primary N) is 1. The van der Waals surface area contributed by atoms with Crippen molar-refractivity contribution in [3.05, 3.63) is 36.0 Å². The van der Waals surface area contributed by atoms with Crippen LogP contribution >= 0.6 is 11.8 Å². The van der Waals surface area contributed by atoms with Crippen molar-refractivity contribution in [2.45, 2.75) is 57.3 Å². The Morgan fingerprint density at radius 2 is 1.62 bits per heavy atom. The number of carboxylic acid groups (broad SMARTS) is 1. The summed E-state index contributed by atoms with van der Waals surface area (Å²) in [6.07, 6.45) is 4.39. The van der Waals surface area contributed by atoms with Crippen LogP contribution in [-0.2, 0) is 25.6 Å². The third kappa shape index (κ3) is 9.06. The van der Waals surface area contributed by atoms with E-state index in [-0.39, 0.29) is 18.8 Å². The van der Waals surface area contributed by atoms with E-state index in [1.165, 1.54) is 11.8 Å². The highest BCUT2D eigenvalue weighted by Gasteiger charge is 2.30. The molecule has 3 amide bonds. The second-order valence-electron chi connectivity index (χ2n) is 9.29. The van der Waals surface area contributed by atoms with Gasteiger partial charge in [0.2, 0.25) is 17.7 Å². The van der Waals surface area contributed by atoms with Crippen molar-refractivity contribution in [2.75, 3.05) is 18.6 Å². The Balaban J connectivity index is 2.28. The van der Waals surface area contributed by atoms with E-state index in [4.69, 9.17) is 10.8 Å². The highest BCUT2D eigenvalue weighted by atomic mass is 32.2. The van der Waals surface area contributed by atoms with Crippen molar-refractivity contribution in [2.24, 2.45) is 11.7 Å². The Labute approximate surface area is 220 Å². The summed E-state index contributed by atoms with van der Waals surface area (Å²) in [6, 6.07) is 3.13. The predicted octanol–water partition coefficient (Wildman–Crippen LogP) is 0.368. The second-order valence-corrected chi connectivity index (χ2v) is 10.3. The number of amides is 3. The first-order valence-corrected chi connectivity index (χ1v) is 13.5. The van der Waals surface area contributed by atoms with Gasteiger partial charge in [-0.05, 0) is 42.4 Å². The first kappa shape index (κ1) is 30.1. The maximum Gasteiger partial charge on any atom is 0.328 e. The van der Waals surface area contributed by atoms with Gasteiger partial charge in [0.05, 0.1) is 12.6 Å². The molecule has 0 spiro atoms. The largest absolute Gasteiger partial charge is 0.480 e. The molecular weight excluding hydrogens is 498 g/mol. The molecule has 1 aromatic carbocycles. The van der Waals surface area contributed by atoms with E-state index in [1.807, 2.05) is 44.4 Å². The van der Waals surface area contributed by atoms with E-state index in [9.17, 15) is 24.3 Å². The second kappa shape index (κ2) is 14.6. The molecule has 0 saturated heterocycles. The molecule has 0 saturated carbocycles. The van der Waals surface area contributed by atoms with E-state index in [1.54, 1.807) is 6.20 Å². The zero-order valence-electron chi connectivity index (χ0n) is 21.3. The van der Waals surface area contributed by atoms with Crippen molar-refractivity contribution in [3.63, 3.8) is 0 Å². The average molecular weight is 536 g/mol. The summed E-state index contributed by atoms with van der Waals surface area (Å²) in [5.41, 5.74) is 7.72. The molecule has 37 heavy (non-hydrogen) atoms. The molecule has 204 valence electrons. The van der Waals surface area contributed by atoms with Crippen LogP contribution in [0.25, 0.3) is 10.9 Å². The summed E-state index contributed by atoms with van der Waals surface area (Å²) in [6.45, 7) is 3.08. The molecule has 12 heteroatoms. The number of benzene rings is 1. The monoisotopic (exact) mass is 535 g/mol. The summed E-state index contributed by atoms with van der Waals surface area (Å²) < 4.78 is 0. The number of hydrogen-bond acceptors (Lipinski definition) is 7. The summed E-state index contributed by atoms with van der Waals surface area (Å²) in [4.78, 5) is 53.5. The maximum absolute atomic E-state index is 13.4. The van der Waals surface area contributed by atoms with Gasteiger partial charge in [0.25, 0.3) is 0 Å². The molecule has 0 radical (unpaired) electrons. The molecule has 0 bridgehead atoms. The van der Waals surface area contributed by atoms with Gasteiger partial charge in [0.1, 0.15) is 18.1 Å². The number of carbonyl (C=O) groups is 4. The third-order valence-corrected chi connectivity index (χ3v) is 6.48. The smallest absolute Gasteiger partial charge is 0.328 e. The number of H-pyrrole nitrogens is 1. The quantitative estimate of drug-likeness (QED) is 0.170. The van der Waals surface area contributed by atoms with Gasteiger partial charge in [-0.15, -0.1) is 0 Å². The number of para-hydroxylation sites is 1. The van der Waals surface area contributed by atoms with Gasteiger partial charge < -0.3 is 36.9 Å². The number of aliphatic carboxylic acids is 1. The molecule has 11 nitrogen and oxygen atoms in total. The zero-order valence-corrected chi connectivity index (χ0v) is 22.1. The van der Waals surface area contributed by atoms with Crippen LogP contribution in [-0.4, -0.2) is 81.7 Å². The highest BCUT2D eigenvalue weighted by molar-refractivity contribution is 7.98. The minimum absolute atomic E-state index is 0.140.